The van der Waals surface area contributed by atoms with E-state index in [4.69, 9.17) is 4.74 Å². The second kappa shape index (κ2) is 5.34. The molecular weight excluding hydrogens is 298 g/mol. The van der Waals surface area contributed by atoms with Gasteiger partial charge in [0.05, 0.1) is 5.75 Å². The number of thioether (sulfide) groups is 1. The Labute approximate surface area is 135 Å². The highest BCUT2D eigenvalue weighted by Crippen LogP contribution is 2.64. The van der Waals surface area contributed by atoms with Crippen molar-refractivity contribution in [1.82, 2.24) is 14.8 Å². The molecular formula is C16H23N3O2S. The van der Waals surface area contributed by atoms with Crippen molar-refractivity contribution in [3.8, 4) is 0 Å². The predicted molar refractivity (Wildman–Crippen MR) is 83.4 cm³/mol. The predicted octanol–water partition coefficient (Wildman–Crippen LogP) is 2.45. The highest BCUT2D eigenvalue weighted by molar-refractivity contribution is 7.99. The van der Waals surface area contributed by atoms with Crippen LogP contribution in [0.1, 0.15) is 37.9 Å². The third-order valence-corrected chi connectivity index (χ3v) is 7.07. The number of nitrogens with zero attached hydrogens (tertiary/aromatic N) is 3. The van der Waals surface area contributed by atoms with Gasteiger partial charge in [0.2, 0.25) is 0 Å². The van der Waals surface area contributed by atoms with Gasteiger partial charge in [0, 0.05) is 19.6 Å². The summed E-state index contributed by atoms with van der Waals surface area (Å²) in [5, 5.41) is 9.11. The summed E-state index contributed by atoms with van der Waals surface area (Å²) in [5.74, 6) is 4.30. The maximum atomic E-state index is 12.9. The van der Waals surface area contributed by atoms with Crippen LogP contribution in [0.25, 0.3) is 0 Å². The van der Waals surface area contributed by atoms with Crippen LogP contribution in [0.2, 0.25) is 0 Å². The van der Waals surface area contributed by atoms with Gasteiger partial charge in [-0.15, -0.1) is 10.2 Å². The first kappa shape index (κ1) is 14.7. The van der Waals surface area contributed by atoms with Gasteiger partial charge >= 0.3 is 0 Å². The summed E-state index contributed by atoms with van der Waals surface area (Å²) >= 11 is 1.53. The number of aromatic nitrogens is 3. The lowest BCUT2D eigenvalue weighted by Gasteiger charge is -2.36. The summed E-state index contributed by atoms with van der Waals surface area (Å²) in [4.78, 5) is 12.9. The maximum Gasteiger partial charge on any atom is 0.191 e. The van der Waals surface area contributed by atoms with Crippen LogP contribution in [-0.4, -0.2) is 33.4 Å². The van der Waals surface area contributed by atoms with E-state index in [1.807, 2.05) is 11.6 Å². The van der Waals surface area contributed by atoms with Crippen LogP contribution in [-0.2, 0) is 23.2 Å². The Bertz CT molecular complexity index is 581. The van der Waals surface area contributed by atoms with E-state index in [0.717, 1.165) is 48.0 Å². The number of carbonyl (C=O) groups is 1. The molecule has 6 heteroatoms. The Morgan fingerprint density at radius 1 is 1.32 bits per heavy atom. The van der Waals surface area contributed by atoms with E-state index in [-0.39, 0.29) is 5.41 Å². The number of methoxy groups -OCH3 is 1. The molecule has 0 saturated heterocycles. The summed E-state index contributed by atoms with van der Waals surface area (Å²) in [5.41, 5.74) is 0.0114. The molecule has 4 fully saturated rings. The van der Waals surface area contributed by atoms with Crippen LogP contribution < -0.4 is 0 Å². The smallest absolute Gasteiger partial charge is 0.191 e. The molecule has 1 heterocycles. The zero-order valence-corrected chi connectivity index (χ0v) is 14.1. The monoisotopic (exact) mass is 321 g/mol. The van der Waals surface area contributed by atoms with Gasteiger partial charge in [-0.25, -0.2) is 0 Å². The summed E-state index contributed by atoms with van der Waals surface area (Å²) in [6.45, 7) is 0.451. The minimum atomic E-state index is 0.0114. The van der Waals surface area contributed by atoms with E-state index in [2.05, 4.69) is 10.2 Å². The van der Waals surface area contributed by atoms with Crippen molar-refractivity contribution in [2.24, 2.45) is 30.2 Å². The van der Waals surface area contributed by atoms with Gasteiger partial charge in [0.15, 0.2) is 11.0 Å². The Balaban J connectivity index is 1.41. The molecule has 0 N–H and O–H groups in total. The average molecular weight is 321 g/mol. The van der Waals surface area contributed by atoms with E-state index in [0.29, 0.717) is 18.1 Å². The fourth-order valence-corrected chi connectivity index (χ4v) is 6.12. The Morgan fingerprint density at radius 2 is 2.05 bits per heavy atom. The molecule has 4 bridgehead atoms. The first-order valence-corrected chi connectivity index (χ1v) is 9.13. The molecule has 5 rings (SSSR count). The molecule has 22 heavy (non-hydrogen) atoms. The van der Waals surface area contributed by atoms with Gasteiger partial charge in [0.25, 0.3) is 0 Å². The fraction of sp³-hybridized carbons (Fsp3) is 0.812. The second-order valence-electron chi connectivity index (χ2n) is 7.35. The number of hydrogen-bond donors (Lipinski definition) is 0. The third kappa shape index (κ3) is 2.22. The van der Waals surface area contributed by atoms with Gasteiger partial charge in [-0.05, 0) is 49.9 Å². The normalized spacial score (nSPS) is 35.5. The average Bonchev–Trinajstić information content (AvgIpc) is 3.07. The Morgan fingerprint density at radius 3 is 2.68 bits per heavy atom. The molecule has 0 amide bonds. The second-order valence-corrected chi connectivity index (χ2v) is 8.30. The quantitative estimate of drug-likeness (QED) is 0.753. The van der Waals surface area contributed by atoms with Crippen molar-refractivity contribution in [3.05, 3.63) is 5.82 Å². The number of Topliss-reactive ketones (excluding diaryl/α,β-unsaturated/α-hetero) is 1. The summed E-state index contributed by atoms with van der Waals surface area (Å²) in [6.07, 6.45) is 6.22. The molecule has 2 unspecified atom stereocenters. The summed E-state index contributed by atoms with van der Waals surface area (Å²) < 4.78 is 7.02. The highest BCUT2D eigenvalue weighted by Gasteiger charge is 2.58. The number of carbonyl (C=O) groups excluding carboxylic acids is 1. The number of hydrogen-bond acceptors (Lipinski definition) is 5. The van der Waals surface area contributed by atoms with Gasteiger partial charge in [-0.2, -0.15) is 0 Å². The van der Waals surface area contributed by atoms with Crippen LogP contribution in [0.4, 0.5) is 0 Å². The summed E-state index contributed by atoms with van der Waals surface area (Å²) in [7, 11) is 3.58. The standard InChI is InChI=1S/C16H23N3O2S/c1-19-14(8-21-2)17-18-15(19)22-9-13(20)16-5-10-3-11(6-16)12(4-10)7-16/h10-12H,3-9H2,1-2H3. The Kier molecular flexibility index (Phi) is 3.57. The topological polar surface area (TPSA) is 57.0 Å². The van der Waals surface area contributed by atoms with Crippen LogP contribution in [0.3, 0.4) is 0 Å². The minimum absolute atomic E-state index is 0.0114. The Hall–Kier alpha value is -0.880. The van der Waals surface area contributed by atoms with Gasteiger partial charge < -0.3 is 9.30 Å². The van der Waals surface area contributed by atoms with E-state index in [1.165, 1.54) is 24.6 Å². The van der Waals surface area contributed by atoms with Crippen LogP contribution in [0.15, 0.2) is 5.16 Å². The van der Waals surface area contributed by atoms with E-state index in [1.54, 1.807) is 7.11 Å². The first-order chi connectivity index (χ1) is 10.6. The molecule has 2 atom stereocenters. The minimum Gasteiger partial charge on any atom is -0.377 e. The van der Waals surface area contributed by atoms with E-state index >= 15 is 0 Å². The SMILES string of the molecule is COCc1nnc(SCC(=O)C23CC4CC(C2)C(C4)C3)n1C. The third-order valence-electron chi connectivity index (χ3n) is 6.05. The molecule has 4 aliphatic carbocycles. The van der Waals surface area contributed by atoms with Crippen molar-refractivity contribution < 1.29 is 9.53 Å². The highest BCUT2D eigenvalue weighted by atomic mass is 32.2. The molecule has 0 spiro atoms. The van der Waals surface area contributed by atoms with Gasteiger partial charge in [-0.3, -0.25) is 4.79 Å². The molecule has 0 radical (unpaired) electrons. The molecule has 4 aliphatic rings. The van der Waals surface area contributed by atoms with Crippen molar-refractivity contribution in [1.29, 1.82) is 0 Å². The van der Waals surface area contributed by atoms with E-state index in [9.17, 15) is 4.79 Å². The molecule has 120 valence electrons. The van der Waals surface area contributed by atoms with Crippen LogP contribution >= 0.6 is 11.8 Å². The zero-order chi connectivity index (χ0) is 15.3. The fourth-order valence-electron chi connectivity index (χ4n) is 5.16. The zero-order valence-electron chi connectivity index (χ0n) is 13.2. The van der Waals surface area contributed by atoms with Gasteiger partial charge in [0.1, 0.15) is 12.4 Å². The molecule has 1 aromatic rings. The molecule has 5 nitrogen and oxygen atoms in total. The number of ether oxygens (including phenoxy) is 1. The van der Waals surface area contributed by atoms with Crippen molar-refractivity contribution in [3.63, 3.8) is 0 Å². The number of rotatable bonds is 6. The lowest BCUT2D eigenvalue weighted by molar-refractivity contribution is -0.128. The lowest BCUT2D eigenvalue weighted by atomic mass is 9.67. The summed E-state index contributed by atoms with van der Waals surface area (Å²) in [6, 6.07) is 0. The van der Waals surface area contributed by atoms with E-state index < -0.39 is 0 Å². The van der Waals surface area contributed by atoms with Crippen LogP contribution in [0, 0.1) is 23.2 Å². The van der Waals surface area contributed by atoms with Crippen molar-refractivity contribution in [2.75, 3.05) is 12.9 Å². The molecule has 1 aromatic heterocycles. The molecule has 4 saturated carbocycles. The molecule has 0 aliphatic heterocycles. The maximum absolute atomic E-state index is 12.9. The van der Waals surface area contributed by atoms with Crippen LogP contribution in [0.5, 0.6) is 0 Å². The van der Waals surface area contributed by atoms with Crippen molar-refractivity contribution in [2.45, 2.75) is 43.9 Å². The first-order valence-electron chi connectivity index (χ1n) is 8.14. The largest absolute Gasteiger partial charge is 0.377 e. The lowest BCUT2D eigenvalue weighted by Crippen LogP contribution is -2.36. The molecule has 0 aromatic carbocycles. The van der Waals surface area contributed by atoms with Gasteiger partial charge in [-0.1, -0.05) is 11.8 Å². The number of ketones is 1. The van der Waals surface area contributed by atoms with Crippen molar-refractivity contribution >= 4 is 17.5 Å².